The highest BCUT2D eigenvalue weighted by Gasteiger charge is 2.44. The molecule has 1 unspecified atom stereocenters. The Balaban J connectivity index is 1.85. The first kappa shape index (κ1) is 21.1. The van der Waals surface area contributed by atoms with Gasteiger partial charge in [-0.15, -0.1) is 0 Å². The fraction of sp³-hybridized carbons (Fsp3) is 0.522. The Hall–Kier alpha value is -2.63. The first-order valence-corrected chi connectivity index (χ1v) is 10.4. The van der Waals surface area contributed by atoms with Crippen LogP contribution < -0.4 is 5.32 Å². The molecular formula is C23H31N3O3. The molecule has 29 heavy (non-hydrogen) atoms. The van der Waals surface area contributed by atoms with Crippen molar-refractivity contribution in [2.45, 2.75) is 47.0 Å². The van der Waals surface area contributed by atoms with Crippen LogP contribution in [0.3, 0.4) is 0 Å². The van der Waals surface area contributed by atoms with Crippen LogP contribution in [-0.2, 0) is 16.0 Å². The maximum Gasteiger partial charge on any atom is 0.228 e. The molecule has 2 heterocycles. The molecule has 3 rings (SSSR count). The van der Waals surface area contributed by atoms with Gasteiger partial charge in [-0.1, -0.05) is 48.8 Å². The zero-order valence-electron chi connectivity index (χ0n) is 17.8. The lowest BCUT2D eigenvalue weighted by molar-refractivity contribution is -0.143. The summed E-state index contributed by atoms with van der Waals surface area (Å²) >= 11 is 0. The van der Waals surface area contributed by atoms with Crippen molar-refractivity contribution in [2.75, 3.05) is 19.6 Å². The highest BCUT2D eigenvalue weighted by Crippen LogP contribution is 2.35. The maximum absolute atomic E-state index is 13.1. The van der Waals surface area contributed by atoms with E-state index in [9.17, 15) is 9.59 Å². The molecule has 2 amide bonds. The molecule has 1 aromatic carbocycles. The summed E-state index contributed by atoms with van der Waals surface area (Å²) < 4.78 is 5.62. The third kappa shape index (κ3) is 4.69. The molecule has 0 saturated carbocycles. The van der Waals surface area contributed by atoms with E-state index in [-0.39, 0.29) is 17.7 Å². The molecule has 1 fully saturated rings. The normalized spacial score (nSPS) is 19.4. The van der Waals surface area contributed by atoms with E-state index in [2.05, 4.69) is 10.5 Å². The lowest BCUT2D eigenvalue weighted by Crippen LogP contribution is -2.55. The fourth-order valence-electron chi connectivity index (χ4n) is 4.03. The zero-order valence-corrected chi connectivity index (χ0v) is 17.8. The molecule has 0 spiro atoms. The van der Waals surface area contributed by atoms with Gasteiger partial charge in [0.1, 0.15) is 11.5 Å². The van der Waals surface area contributed by atoms with Crippen molar-refractivity contribution in [3.8, 4) is 11.3 Å². The van der Waals surface area contributed by atoms with Gasteiger partial charge >= 0.3 is 0 Å². The number of nitrogens with one attached hydrogen (secondary N) is 1. The number of hydrogen-bond donors (Lipinski definition) is 1. The van der Waals surface area contributed by atoms with E-state index in [1.807, 2.05) is 62.9 Å². The fourth-order valence-corrected chi connectivity index (χ4v) is 4.03. The van der Waals surface area contributed by atoms with E-state index < -0.39 is 5.41 Å². The van der Waals surface area contributed by atoms with Gasteiger partial charge in [-0.05, 0) is 26.7 Å². The molecule has 0 radical (unpaired) electrons. The number of carbonyl (C=O) groups is 2. The zero-order chi connectivity index (χ0) is 21.0. The van der Waals surface area contributed by atoms with Crippen LogP contribution in [0, 0.1) is 18.3 Å². The van der Waals surface area contributed by atoms with Gasteiger partial charge in [-0.3, -0.25) is 9.59 Å². The molecule has 0 bridgehead atoms. The summed E-state index contributed by atoms with van der Waals surface area (Å²) in [5.41, 5.74) is 2.24. The van der Waals surface area contributed by atoms with Crippen LogP contribution in [0.5, 0.6) is 0 Å². The number of rotatable bonds is 6. The van der Waals surface area contributed by atoms with Gasteiger partial charge in [0, 0.05) is 43.6 Å². The predicted octanol–water partition coefficient (Wildman–Crippen LogP) is 3.59. The third-order valence-electron chi connectivity index (χ3n) is 5.62. The summed E-state index contributed by atoms with van der Waals surface area (Å²) in [6.07, 6.45) is 1.95. The number of nitrogens with zero attached hydrogens (tertiary/aromatic N) is 2. The van der Waals surface area contributed by atoms with Crippen LogP contribution in [0.25, 0.3) is 11.3 Å². The van der Waals surface area contributed by atoms with Crippen molar-refractivity contribution in [3.05, 3.63) is 41.7 Å². The monoisotopic (exact) mass is 397 g/mol. The van der Waals surface area contributed by atoms with Crippen molar-refractivity contribution in [3.63, 3.8) is 0 Å². The van der Waals surface area contributed by atoms with Crippen LogP contribution in [0.4, 0.5) is 0 Å². The average Bonchev–Trinajstić information content (AvgIpc) is 3.16. The minimum atomic E-state index is -0.692. The second-order valence-electron chi connectivity index (χ2n) is 8.38. The smallest absolute Gasteiger partial charge is 0.228 e. The standard InChI is InChI=1S/C23H31N3O3/c1-5-24-22(28)23(11-6-12-26(15-23)21(27)16(2)3)14-19-13-20(25-29-19)18-9-7-17(4)8-10-18/h7-10,13,16H,5-6,11-12,14-15H2,1-4H3,(H,24,28). The Bertz CT molecular complexity index is 857. The van der Waals surface area contributed by atoms with E-state index in [4.69, 9.17) is 4.52 Å². The molecule has 6 nitrogen and oxygen atoms in total. The molecule has 1 saturated heterocycles. The van der Waals surface area contributed by atoms with Crippen molar-refractivity contribution in [1.82, 2.24) is 15.4 Å². The number of hydrogen-bond acceptors (Lipinski definition) is 4. The van der Waals surface area contributed by atoms with Crippen LogP contribution in [0.15, 0.2) is 34.9 Å². The molecule has 6 heteroatoms. The Kier molecular flexibility index (Phi) is 6.40. The number of carbonyl (C=O) groups excluding carboxylic acids is 2. The summed E-state index contributed by atoms with van der Waals surface area (Å²) in [5.74, 6) is 0.662. The van der Waals surface area contributed by atoms with Crippen LogP contribution in [0.2, 0.25) is 0 Å². The van der Waals surface area contributed by atoms with Crippen molar-refractivity contribution < 1.29 is 14.1 Å². The summed E-state index contributed by atoms with van der Waals surface area (Å²) in [6.45, 7) is 9.42. The van der Waals surface area contributed by atoms with E-state index in [0.717, 1.165) is 24.1 Å². The molecule has 1 aliphatic rings. The van der Waals surface area contributed by atoms with Gasteiger partial charge in [0.05, 0.1) is 5.41 Å². The number of likely N-dealkylation sites (tertiary alicyclic amines) is 1. The van der Waals surface area contributed by atoms with Crippen LogP contribution >= 0.6 is 0 Å². The molecule has 1 atom stereocenters. The van der Waals surface area contributed by atoms with Gasteiger partial charge in [0.25, 0.3) is 0 Å². The number of benzene rings is 1. The second kappa shape index (κ2) is 8.80. The Morgan fingerprint density at radius 1 is 1.28 bits per heavy atom. The van der Waals surface area contributed by atoms with E-state index >= 15 is 0 Å². The highest BCUT2D eigenvalue weighted by atomic mass is 16.5. The van der Waals surface area contributed by atoms with Gasteiger partial charge in [-0.2, -0.15) is 0 Å². The number of aromatic nitrogens is 1. The number of amides is 2. The summed E-state index contributed by atoms with van der Waals surface area (Å²) in [6, 6.07) is 10.0. The summed E-state index contributed by atoms with van der Waals surface area (Å²) in [4.78, 5) is 27.5. The second-order valence-corrected chi connectivity index (χ2v) is 8.38. The quantitative estimate of drug-likeness (QED) is 0.808. The number of piperidine rings is 1. The van der Waals surface area contributed by atoms with E-state index in [1.54, 1.807) is 0 Å². The lowest BCUT2D eigenvalue weighted by atomic mass is 9.75. The molecule has 2 aromatic rings. The van der Waals surface area contributed by atoms with Crippen LogP contribution in [-0.4, -0.2) is 41.5 Å². The van der Waals surface area contributed by atoms with E-state index in [0.29, 0.717) is 31.8 Å². The van der Waals surface area contributed by atoms with Crippen molar-refractivity contribution >= 4 is 11.8 Å². The first-order valence-electron chi connectivity index (χ1n) is 10.4. The molecule has 1 aliphatic heterocycles. The van der Waals surface area contributed by atoms with Gasteiger partial charge in [-0.25, -0.2) is 0 Å². The number of aryl methyl sites for hydroxylation is 1. The lowest BCUT2D eigenvalue weighted by Gasteiger charge is -2.41. The minimum Gasteiger partial charge on any atom is -0.361 e. The molecule has 156 valence electrons. The molecule has 0 aliphatic carbocycles. The molecule has 1 aromatic heterocycles. The topological polar surface area (TPSA) is 75.4 Å². The maximum atomic E-state index is 13.1. The van der Waals surface area contributed by atoms with Crippen molar-refractivity contribution in [2.24, 2.45) is 11.3 Å². The third-order valence-corrected chi connectivity index (χ3v) is 5.62. The van der Waals surface area contributed by atoms with Gasteiger partial charge in [0.2, 0.25) is 11.8 Å². The summed E-state index contributed by atoms with van der Waals surface area (Å²) in [5, 5.41) is 7.18. The predicted molar refractivity (Wildman–Crippen MR) is 112 cm³/mol. The van der Waals surface area contributed by atoms with Gasteiger partial charge < -0.3 is 14.7 Å². The first-order chi connectivity index (χ1) is 13.8. The Morgan fingerprint density at radius 2 is 2.00 bits per heavy atom. The van der Waals surface area contributed by atoms with Crippen LogP contribution in [0.1, 0.15) is 44.9 Å². The van der Waals surface area contributed by atoms with Crippen molar-refractivity contribution in [1.29, 1.82) is 0 Å². The molecule has 1 N–H and O–H groups in total. The largest absolute Gasteiger partial charge is 0.361 e. The Morgan fingerprint density at radius 3 is 2.66 bits per heavy atom. The SMILES string of the molecule is CCNC(=O)C1(Cc2cc(-c3ccc(C)cc3)no2)CCCN(C(=O)C(C)C)C1. The van der Waals surface area contributed by atoms with Gasteiger partial charge in [0.15, 0.2) is 0 Å². The minimum absolute atomic E-state index is 0.0189. The Labute approximate surface area is 172 Å². The average molecular weight is 398 g/mol. The van der Waals surface area contributed by atoms with E-state index in [1.165, 1.54) is 5.56 Å². The molecular weight excluding hydrogens is 366 g/mol. The summed E-state index contributed by atoms with van der Waals surface area (Å²) in [7, 11) is 0. The highest BCUT2D eigenvalue weighted by molar-refractivity contribution is 5.85.